The minimum absolute atomic E-state index is 0.0188. The molecule has 226 valence electrons. The molecule has 7 rings (SSSR count). The largest absolute Gasteiger partial charge is 0.478 e. The molecule has 2 amide bonds. The Hall–Kier alpha value is -4.46. The van der Waals surface area contributed by atoms with Gasteiger partial charge in [0.25, 0.3) is 5.91 Å². The molecule has 0 radical (unpaired) electrons. The molecular weight excluding hydrogens is 552 g/mol. The molecule has 2 atom stereocenters. The van der Waals surface area contributed by atoms with Crippen molar-refractivity contribution in [1.82, 2.24) is 19.4 Å². The van der Waals surface area contributed by atoms with Gasteiger partial charge in [-0.1, -0.05) is 54.6 Å². The lowest BCUT2D eigenvalue weighted by Gasteiger charge is -2.45. The predicted octanol–water partition coefficient (Wildman–Crippen LogP) is 6.00. The van der Waals surface area contributed by atoms with Crippen molar-refractivity contribution in [2.24, 2.45) is 0 Å². The first kappa shape index (κ1) is 28.3. The summed E-state index contributed by atoms with van der Waals surface area (Å²) < 4.78 is 2.39. The van der Waals surface area contributed by atoms with Crippen molar-refractivity contribution < 1.29 is 19.5 Å². The average Bonchev–Trinajstić information content (AvgIpc) is 3.53. The fourth-order valence-electron chi connectivity index (χ4n) is 8.30. The molecule has 8 heteroatoms. The number of likely N-dealkylation sites (tertiary alicyclic amines) is 1. The van der Waals surface area contributed by atoms with Gasteiger partial charge in [-0.3, -0.25) is 9.59 Å². The van der Waals surface area contributed by atoms with E-state index in [4.69, 9.17) is 4.98 Å². The Morgan fingerprint density at radius 3 is 2.11 bits per heavy atom. The van der Waals surface area contributed by atoms with Crippen LogP contribution in [0.4, 0.5) is 0 Å². The van der Waals surface area contributed by atoms with E-state index in [1.54, 1.807) is 23.1 Å². The number of aromatic carboxylic acids is 1. The van der Waals surface area contributed by atoms with E-state index >= 15 is 0 Å². The summed E-state index contributed by atoms with van der Waals surface area (Å²) >= 11 is 0. The molecule has 1 aromatic heterocycles. The fraction of sp³-hybridized carbons (Fsp3) is 0.389. The number of carbonyl (C=O) groups excluding carboxylic acids is 2. The lowest BCUT2D eigenvalue weighted by Crippen LogP contribution is -2.51. The smallest absolute Gasteiger partial charge is 0.336 e. The van der Waals surface area contributed by atoms with Gasteiger partial charge in [-0.25, -0.2) is 9.78 Å². The number of hydrogen-bond donors (Lipinski definition) is 1. The number of aromatic nitrogens is 2. The van der Waals surface area contributed by atoms with Crippen LogP contribution in [0.15, 0.2) is 78.9 Å². The monoisotopic (exact) mass is 590 g/mol. The van der Waals surface area contributed by atoms with Gasteiger partial charge in [0.2, 0.25) is 5.91 Å². The molecule has 1 N–H and O–H groups in total. The molecule has 4 aromatic rings. The van der Waals surface area contributed by atoms with Gasteiger partial charge in [0, 0.05) is 43.1 Å². The van der Waals surface area contributed by atoms with Crippen molar-refractivity contribution in [2.75, 3.05) is 13.1 Å². The number of rotatable bonds is 6. The van der Waals surface area contributed by atoms with E-state index in [2.05, 4.69) is 46.7 Å². The maximum atomic E-state index is 14.3. The van der Waals surface area contributed by atoms with Crippen molar-refractivity contribution >= 4 is 28.8 Å². The summed E-state index contributed by atoms with van der Waals surface area (Å²) in [7, 11) is 0. The van der Waals surface area contributed by atoms with Gasteiger partial charge < -0.3 is 19.5 Å². The van der Waals surface area contributed by atoms with Crippen LogP contribution < -0.4 is 0 Å². The summed E-state index contributed by atoms with van der Waals surface area (Å²) in [5.74, 6) is -0.128. The summed E-state index contributed by atoms with van der Waals surface area (Å²) in [6, 6.07) is 25.7. The van der Waals surface area contributed by atoms with Crippen molar-refractivity contribution in [1.29, 1.82) is 0 Å². The average molecular weight is 591 g/mol. The molecular formula is C36H38N4O4. The van der Waals surface area contributed by atoms with Crippen LogP contribution in [0, 0.1) is 6.92 Å². The second-order valence-corrected chi connectivity index (χ2v) is 12.8. The summed E-state index contributed by atoms with van der Waals surface area (Å²) in [6.45, 7) is 3.02. The third kappa shape index (κ3) is 4.86. The number of carboxylic acids is 1. The lowest BCUT2D eigenvalue weighted by atomic mass is 9.70. The number of nitrogens with zero attached hydrogens (tertiary/aromatic N) is 4. The Morgan fingerprint density at radius 1 is 0.818 bits per heavy atom. The zero-order chi connectivity index (χ0) is 30.4. The number of amides is 2. The highest BCUT2D eigenvalue weighted by atomic mass is 16.4. The van der Waals surface area contributed by atoms with Crippen molar-refractivity contribution in [3.05, 3.63) is 101 Å². The number of aryl methyl sites for hydroxylation is 1. The lowest BCUT2D eigenvalue weighted by molar-refractivity contribution is -0.138. The standard InChI is InChI=1S/C36H38N4O4/c1-24-37-31-13-7-8-14-32(31)39(24)28-21-26-15-16-27(22-28)40(26)33(41)23-36(25-9-3-2-4-10-25)17-19-38(20-18-36)34(42)29-11-5-6-12-30(29)35(43)44/h2-14,26-28H,15-23H2,1H3,(H,43,44). The molecule has 0 aliphatic carbocycles. The predicted molar refractivity (Wildman–Crippen MR) is 168 cm³/mol. The molecule has 3 aliphatic rings. The van der Waals surface area contributed by atoms with Crippen LogP contribution in [0.3, 0.4) is 0 Å². The first-order chi connectivity index (χ1) is 21.3. The Labute approximate surface area is 257 Å². The normalized spacial score (nSPS) is 22.7. The van der Waals surface area contributed by atoms with Crippen LogP contribution >= 0.6 is 0 Å². The molecule has 0 spiro atoms. The van der Waals surface area contributed by atoms with Crippen molar-refractivity contribution in [3.63, 3.8) is 0 Å². The topological polar surface area (TPSA) is 95.7 Å². The van der Waals surface area contributed by atoms with Gasteiger partial charge in [-0.2, -0.15) is 0 Å². The summed E-state index contributed by atoms with van der Waals surface area (Å²) in [5, 5.41) is 9.63. The third-order valence-corrected chi connectivity index (χ3v) is 10.4. The van der Waals surface area contributed by atoms with Crippen molar-refractivity contribution in [3.8, 4) is 0 Å². The quantitative estimate of drug-likeness (QED) is 0.297. The van der Waals surface area contributed by atoms with E-state index in [0.717, 1.165) is 42.6 Å². The summed E-state index contributed by atoms with van der Waals surface area (Å²) in [6.07, 6.45) is 5.64. The van der Waals surface area contributed by atoms with E-state index in [1.807, 2.05) is 24.3 Å². The summed E-state index contributed by atoms with van der Waals surface area (Å²) in [5.41, 5.74) is 3.18. The Balaban J connectivity index is 1.10. The Kier molecular flexibility index (Phi) is 7.23. The maximum Gasteiger partial charge on any atom is 0.336 e. The molecule has 0 saturated carbocycles. The van der Waals surface area contributed by atoms with Gasteiger partial charge in [0.1, 0.15) is 5.82 Å². The number of carbonyl (C=O) groups is 3. The van der Waals surface area contributed by atoms with Gasteiger partial charge >= 0.3 is 5.97 Å². The van der Waals surface area contributed by atoms with Gasteiger partial charge in [0.05, 0.1) is 22.2 Å². The van der Waals surface area contributed by atoms with E-state index in [9.17, 15) is 19.5 Å². The molecule has 3 saturated heterocycles. The van der Waals surface area contributed by atoms with E-state index < -0.39 is 5.97 Å². The number of benzene rings is 3. The van der Waals surface area contributed by atoms with Crippen molar-refractivity contribution in [2.45, 2.75) is 75.4 Å². The Bertz CT molecular complexity index is 1710. The Morgan fingerprint density at radius 2 is 1.43 bits per heavy atom. The van der Waals surface area contributed by atoms with Crippen LogP contribution in [0.5, 0.6) is 0 Å². The SMILES string of the molecule is Cc1nc2ccccc2n1C1CC2CCC(C1)N2C(=O)CC1(c2ccccc2)CCN(C(=O)c2ccccc2C(=O)O)CC1. The molecule has 3 aliphatic heterocycles. The van der Waals surface area contributed by atoms with Crippen LogP contribution in [-0.2, 0) is 10.2 Å². The highest BCUT2D eigenvalue weighted by Gasteiger charge is 2.47. The number of hydrogen-bond acceptors (Lipinski definition) is 4. The molecule has 8 nitrogen and oxygen atoms in total. The second-order valence-electron chi connectivity index (χ2n) is 12.8. The zero-order valence-electron chi connectivity index (χ0n) is 25.1. The molecule has 2 unspecified atom stereocenters. The van der Waals surface area contributed by atoms with Crippen LogP contribution in [0.1, 0.15) is 83.1 Å². The number of piperidine rings is 2. The van der Waals surface area contributed by atoms with Crippen LogP contribution in [0.2, 0.25) is 0 Å². The molecule has 3 aromatic carbocycles. The number of fused-ring (bicyclic) bond motifs is 3. The zero-order valence-corrected chi connectivity index (χ0v) is 25.1. The van der Waals surface area contributed by atoms with Crippen LogP contribution in [-0.4, -0.2) is 67.4 Å². The number of carboxylic acid groups (broad SMARTS) is 1. The van der Waals surface area contributed by atoms with Gasteiger partial charge in [0.15, 0.2) is 0 Å². The summed E-state index contributed by atoms with van der Waals surface area (Å²) in [4.78, 5) is 48.3. The molecule has 3 fully saturated rings. The number of para-hydroxylation sites is 2. The van der Waals surface area contributed by atoms with E-state index in [-0.39, 0.29) is 40.4 Å². The maximum absolute atomic E-state index is 14.3. The van der Waals surface area contributed by atoms with Gasteiger partial charge in [-0.05, 0) is 75.3 Å². The molecule has 2 bridgehead atoms. The molecule has 4 heterocycles. The number of imidazole rings is 1. The fourth-order valence-corrected chi connectivity index (χ4v) is 8.30. The third-order valence-electron chi connectivity index (χ3n) is 10.4. The first-order valence-corrected chi connectivity index (χ1v) is 15.8. The van der Waals surface area contributed by atoms with Gasteiger partial charge in [-0.15, -0.1) is 0 Å². The van der Waals surface area contributed by atoms with Crippen LogP contribution in [0.25, 0.3) is 11.0 Å². The minimum atomic E-state index is -1.11. The molecule has 44 heavy (non-hydrogen) atoms. The van der Waals surface area contributed by atoms with E-state index in [0.29, 0.717) is 38.4 Å². The van der Waals surface area contributed by atoms with E-state index in [1.165, 1.54) is 11.6 Å². The highest BCUT2D eigenvalue weighted by molar-refractivity contribution is 6.04. The second kappa shape index (κ2) is 11.2. The first-order valence-electron chi connectivity index (χ1n) is 15.8. The minimum Gasteiger partial charge on any atom is -0.478 e. The highest BCUT2D eigenvalue weighted by Crippen LogP contribution is 2.45.